The molecule has 0 saturated heterocycles. The summed E-state index contributed by atoms with van der Waals surface area (Å²) in [5.41, 5.74) is 1.21. The molecule has 3 aromatic rings. The lowest BCUT2D eigenvalue weighted by molar-refractivity contribution is 0.0485. The first-order chi connectivity index (χ1) is 17.1. The molecular formula is C26H39ClN4O4SSi. The molecule has 1 amide bonds. The van der Waals surface area contributed by atoms with Crippen molar-refractivity contribution in [3.05, 3.63) is 39.9 Å². The summed E-state index contributed by atoms with van der Waals surface area (Å²) in [6.45, 7) is 19.4. The molecular weight excluding hydrogens is 528 g/mol. The normalized spacial score (nSPS) is 13.6. The van der Waals surface area contributed by atoms with Gasteiger partial charge in [-0.2, -0.15) is 4.98 Å². The number of furan rings is 1. The van der Waals surface area contributed by atoms with Crippen LogP contribution in [-0.4, -0.2) is 42.6 Å². The first kappa shape index (κ1) is 29.4. The van der Waals surface area contributed by atoms with E-state index in [2.05, 4.69) is 54.5 Å². The molecule has 3 rings (SSSR count). The van der Waals surface area contributed by atoms with Crippen LogP contribution >= 0.6 is 22.9 Å². The number of carbonyl (C=O) groups is 1. The van der Waals surface area contributed by atoms with Gasteiger partial charge in [0.25, 0.3) is 0 Å². The number of alkyl carbamates (subject to hydrolysis) is 1. The first-order valence-corrected chi connectivity index (χ1v) is 16.5. The lowest BCUT2D eigenvalue weighted by atomic mass is 10.1. The standard InChI is InChI=1S/C26H39ClN4O4SSi/c1-16-19(36-21-20(16)30-23(27)31-22(21)28-14-18-11-10-12-33-18)13-17(29-24(32)35-25(2,3)4)15-34-37(8,9)26(5,6)7/h10-12,17H,13-15H2,1-9H3,(H,29,32)(H,28,30,31)/t17-/m1/s1. The van der Waals surface area contributed by atoms with Crippen molar-refractivity contribution in [3.8, 4) is 0 Å². The van der Waals surface area contributed by atoms with Gasteiger partial charge in [0.05, 0.1) is 35.7 Å². The van der Waals surface area contributed by atoms with E-state index in [4.69, 9.17) is 25.2 Å². The van der Waals surface area contributed by atoms with E-state index in [1.807, 2.05) is 39.8 Å². The highest BCUT2D eigenvalue weighted by Gasteiger charge is 2.38. The minimum absolute atomic E-state index is 0.0535. The van der Waals surface area contributed by atoms with E-state index >= 15 is 0 Å². The van der Waals surface area contributed by atoms with Gasteiger partial charge in [0.15, 0.2) is 8.32 Å². The number of fused-ring (bicyclic) bond motifs is 1. The summed E-state index contributed by atoms with van der Waals surface area (Å²) in [6, 6.07) is 3.46. The number of nitrogens with zero attached hydrogens (tertiary/aromatic N) is 2. The topological polar surface area (TPSA) is 98.5 Å². The molecule has 0 spiro atoms. The van der Waals surface area contributed by atoms with Crippen molar-refractivity contribution in [1.29, 1.82) is 0 Å². The van der Waals surface area contributed by atoms with Crippen LogP contribution < -0.4 is 10.6 Å². The second kappa shape index (κ2) is 11.3. The number of aromatic nitrogens is 2. The van der Waals surface area contributed by atoms with E-state index in [9.17, 15) is 4.79 Å². The lowest BCUT2D eigenvalue weighted by Gasteiger charge is -2.37. The Morgan fingerprint density at radius 2 is 1.92 bits per heavy atom. The summed E-state index contributed by atoms with van der Waals surface area (Å²) in [5.74, 6) is 1.45. The minimum Gasteiger partial charge on any atom is -0.467 e. The summed E-state index contributed by atoms with van der Waals surface area (Å²) < 4.78 is 18.4. The Bertz CT molecular complexity index is 1220. The van der Waals surface area contributed by atoms with Crippen LogP contribution in [0, 0.1) is 6.92 Å². The third-order valence-corrected chi connectivity index (χ3v) is 12.4. The van der Waals surface area contributed by atoms with Gasteiger partial charge in [-0.3, -0.25) is 0 Å². The zero-order valence-electron chi connectivity index (χ0n) is 23.2. The van der Waals surface area contributed by atoms with E-state index in [-0.39, 0.29) is 16.4 Å². The van der Waals surface area contributed by atoms with Crippen LogP contribution in [0.5, 0.6) is 0 Å². The maximum Gasteiger partial charge on any atom is 0.407 e. The maximum atomic E-state index is 12.7. The third-order valence-electron chi connectivity index (χ3n) is 6.45. The van der Waals surface area contributed by atoms with Crippen LogP contribution in [0.25, 0.3) is 10.2 Å². The van der Waals surface area contributed by atoms with E-state index in [1.165, 1.54) is 0 Å². The monoisotopic (exact) mass is 566 g/mol. The van der Waals surface area contributed by atoms with Gasteiger partial charge in [-0.15, -0.1) is 11.3 Å². The zero-order valence-corrected chi connectivity index (χ0v) is 25.8. The minimum atomic E-state index is -2.03. The highest BCUT2D eigenvalue weighted by Crippen LogP contribution is 2.38. The van der Waals surface area contributed by atoms with Gasteiger partial charge in [0, 0.05) is 11.3 Å². The van der Waals surface area contributed by atoms with Gasteiger partial charge in [0.2, 0.25) is 5.28 Å². The van der Waals surface area contributed by atoms with Crippen LogP contribution in [0.4, 0.5) is 10.6 Å². The quantitative estimate of drug-likeness (QED) is 0.207. The SMILES string of the molecule is Cc1c(C[C@H](CO[Si](C)(C)C(C)(C)C)NC(=O)OC(C)(C)C)sc2c(NCc3ccco3)nc(Cl)nc12. The van der Waals surface area contributed by atoms with E-state index in [0.717, 1.165) is 26.4 Å². The van der Waals surface area contributed by atoms with Crippen LogP contribution in [0.3, 0.4) is 0 Å². The highest BCUT2D eigenvalue weighted by molar-refractivity contribution is 7.19. The molecule has 2 N–H and O–H groups in total. The van der Waals surface area contributed by atoms with Crippen molar-refractivity contribution in [2.45, 2.75) is 91.2 Å². The number of hydrogen-bond donors (Lipinski definition) is 2. The van der Waals surface area contributed by atoms with E-state index in [1.54, 1.807) is 17.6 Å². The Kier molecular flexibility index (Phi) is 8.99. The highest BCUT2D eigenvalue weighted by atomic mass is 35.5. The fourth-order valence-corrected chi connectivity index (χ4v) is 5.89. The molecule has 0 aromatic carbocycles. The molecule has 0 aliphatic rings. The number of carbonyl (C=O) groups excluding carboxylic acids is 1. The van der Waals surface area contributed by atoms with Gasteiger partial charge in [-0.1, -0.05) is 20.8 Å². The predicted molar refractivity (Wildman–Crippen MR) is 153 cm³/mol. The van der Waals surface area contributed by atoms with Gasteiger partial charge < -0.3 is 24.2 Å². The van der Waals surface area contributed by atoms with Crippen LogP contribution in [-0.2, 0) is 22.1 Å². The number of ether oxygens (including phenoxy) is 1. The zero-order chi connectivity index (χ0) is 27.6. The Hall–Kier alpha value is -2.14. The Morgan fingerprint density at radius 1 is 1.22 bits per heavy atom. The van der Waals surface area contributed by atoms with Crippen molar-refractivity contribution < 1.29 is 18.4 Å². The number of rotatable bonds is 9. The fourth-order valence-electron chi connectivity index (χ4n) is 3.38. The fraction of sp³-hybridized carbons (Fsp3) is 0.577. The van der Waals surface area contributed by atoms with Crippen LogP contribution in [0.2, 0.25) is 23.4 Å². The van der Waals surface area contributed by atoms with Crippen molar-refractivity contribution >= 4 is 53.4 Å². The molecule has 37 heavy (non-hydrogen) atoms. The number of nitrogens with one attached hydrogen (secondary N) is 2. The number of thiophene rings is 1. The van der Waals surface area contributed by atoms with E-state index < -0.39 is 20.0 Å². The molecule has 8 nitrogen and oxygen atoms in total. The first-order valence-electron chi connectivity index (χ1n) is 12.4. The second-order valence-corrected chi connectivity index (χ2v) is 18.0. The number of amides is 1. The molecule has 0 radical (unpaired) electrons. The number of hydrogen-bond acceptors (Lipinski definition) is 8. The molecule has 0 fully saturated rings. The number of halogens is 1. The van der Waals surface area contributed by atoms with Gasteiger partial charge in [0.1, 0.15) is 17.2 Å². The molecule has 0 bridgehead atoms. The molecule has 1 atom stereocenters. The third kappa shape index (κ3) is 7.92. The average molecular weight is 567 g/mol. The summed E-state index contributed by atoms with van der Waals surface area (Å²) in [6.07, 6.45) is 1.74. The molecule has 0 unspecified atom stereocenters. The van der Waals surface area contributed by atoms with E-state index in [0.29, 0.717) is 25.4 Å². The Labute approximate surface area is 229 Å². The Balaban J connectivity index is 1.87. The average Bonchev–Trinajstić information content (AvgIpc) is 3.37. The van der Waals surface area contributed by atoms with Gasteiger partial charge in [-0.25, -0.2) is 9.78 Å². The molecule has 0 saturated carbocycles. The second-order valence-electron chi connectivity index (χ2n) is 11.7. The van der Waals surface area contributed by atoms with Crippen molar-refractivity contribution in [2.75, 3.05) is 11.9 Å². The van der Waals surface area contributed by atoms with Gasteiger partial charge in [-0.05, 0) is 75.1 Å². The summed E-state index contributed by atoms with van der Waals surface area (Å²) >= 11 is 7.87. The Morgan fingerprint density at radius 3 is 2.51 bits per heavy atom. The maximum absolute atomic E-state index is 12.7. The summed E-state index contributed by atoms with van der Waals surface area (Å²) in [4.78, 5) is 22.7. The molecule has 3 aromatic heterocycles. The van der Waals surface area contributed by atoms with Crippen molar-refractivity contribution in [1.82, 2.24) is 15.3 Å². The molecule has 11 heteroatoms. The summed E-state index contributed by atoms with van der Waals surface area (Å²) in [5, 5.41) is 6.58. The number of anilines is 1. The molecule has 3 heterocycles. The van der Waals surface area contributed by atoms with Gasteiger partial charge >= 0.3 is 6.09 Å². The van der Waals surface area contributed by atoms with Crippen LogP contribution in [0.15, 0.2) is 22.8 Å². The molecule has 0 aliphatic carbocycles. The lowest BCUT2D eigenvalue weighted by Crippen LogP contribution is -2.48. The van der Waals surface area contributed by atoms with Crippen molar-refractivity contribution in [3.63, 3.8) is 0 Å². The van der Waals surface area contributed by atoms with Crippen LogP contribution in [0.1, 0.15) is 57.7 Å². The largest absolute Gasteiger partial charge is 0.467 e. The number of aryl methyl sites for hydroxylation is 1. The smallest absolute Gasteiger partial charge is 0.407 e. The van der Waals surface area contributed by atoms with Crippen molar-refractivity contribution in [2.24, 2.45) is 0 Å². The molecule has 204 valence electrons. The summed E-state index contributed by atoms with van der Waals surface area (Å²) in [7, 11) is -2.03. The predicted octanol–water partition coefficient (Wildman–Crippen LogP) is 7.32. The molecule has 0 aliphatic heterocycles.